The standard InChI is InChI=1S/C26H26N2O4S/c1-32-24(30)15-22(23-8-5-11-27-23)25(31)26(33-21-6-3-2-4-7-21)18-10-9-17-13-20(28-16-29)14-19(17)12-18/h2-12,16,20,22,26-27H,13-15H2,1H3,(H,28,29). The number of amides is 1. The van der Waals surface area contributed by atoms with Crippen LogP contribution in [0.3, 0.4) is 0 Å². The van der Waals surface area contributed by atoms with Gasteiger partial charge in [0.1, 0.15) is 0 Å². The highest BCUT2D eigenvalue weighted by Crippen LogP contribution is 2.41. The van der Waals surface area contributed by atoms with Crippen molar-refractivity contribution in [2.75, 3.05) is 7.11 Å². The fourth-order valence-electron chi connectivity index (χ4n) is 4.30. The third-order valence-electron chi connectivity index (χ3n) is 5.96. The number of Topliss-reactive ketones (excluding diaryl/α,β-unsaturated/α-hetero) is 1. The summed E-state index contributed by atoms with van der Waals surface area (Å²) in [6, 6.07) is 19.6. The number of hydrogen-bond acceptors (Lipinski definition) is 5. The van der Waals surface area contributed by atoms with Crippen LogP contribution < -0.4 is 5.32 Å². The molecule has 6 nitrogen and oxygen atoms in total. The molecule has 3 aromatic rings. The number of hydrogen-bond donors (Lipinski definition) is 2. The number of ketones is 1. The van der Waals surface area contributed by atoms with Crippen molar-refractivity contribution in [2.45, 2.75) is 41.4 Å². The minimum absolute atomic E-state index is 0.0298. The third-order valence-corrected chi connectivity index (χ3v) is 7.25. The van der Waals surface area contributed by atoms with Crippen LogP contribution in [0.1, 0.15) is 40.0 Å². The lowest BCUT2D eigenvalue weighted by atomic mass is 9.91. The lowest BCUT2D eigenvalue weighted by Gasteiger charge is -2.22. The summed E-state index contributed by atoms with van der Waals surface area (Å²) in [6.45, 7) is 0. The summed E-state index contributed by atoms with van der Waals surface area (Å²) in [5.41, 5.74) is 3.91. The second-order valence-electron chi connectivity index (χ2n) is 8.09. The number of carbonyl (C=O) groups is 3. The fourth-order valence-corrected chi connectivity index (χ4v) is 5.45. The van der Waals surface area contributed by atoms with Crippen LogP contribution in [0, 0.1) is 0 Å². The largest absolute Gasteiger partial charge is 0.469 e. The molecule has 0 radical (unpaired) electrons. The molecule has 1 aliphatic carbocycles. The molecule has 0 bridgehead atoms. The Morgan fingerprint density at radius 3 is 2.61 bits per heavy atom. The molecular formula is C26H26N2O4S. The van der Waals surface area contributed by atoms with Crippen molar-refractivity contribution in [3.63, 3.8) is 0 Å². The highest BCUT2D eigenvalue weighted by atomic mass is 32.2. The zero-order chi connectivity index (χ0) is 23.2. The lowest BCUT2D eigenvalue weighted by molar-refractivity contribution is -0.142. The molecule has 3 atom stereocenters. The van der Waals surface area contributed by atoms with Gasteiger partial charge in [0.05, 0.1) is 24.7 Å². The first kappa shape index (κ1) is 22.9. The van der Waals surface area contributed by atoms with Gasteiger partial charge >= 0.3 is 5.97 Å². The van der Waals surface area contributed by atoms with Crippen LogP contribution in [0.15, 0.2) is 71.8 Å². The van der Waals surface area contributed by atoms with Crippen molar-refractivity contribution in [1.82, 2.24) is 10.3 Å². The second kappa shape index (κ2) is 10.5. The minimum atomic E-state index is -0.647. The van der Waals surface area contributed by atoms with Gasteiger partial charge < -0.3 is 15.0 Å². The molecule has 1 aliphatic rings. The minimum Gasteiger partial charge on any atom is -0.469 e. The monoisotopic (exact) mass is 462 g/mol. The van der Waals surface area contributed by atoms with Crippen LogP contribution in [0.5, 0.6) is 0 Å². The summed E-state index contributed by atoms with van der Waals surface area (Å²) in [4.78, 5) is 41.1. The summed E-state index contributed by atoms with van der Waals surface area (Å²) in [5, 5.41) is 2.35. The van der Waals surface area contributed by atoms with Gasteiger partial charge in [0, 0.05) is 22.8 Å². The Kier molecular flexibility index (Phi) is 7.29. The fraction of sp³-hybridized carbons (Fsp3) is 0.269. The molecule has 0 aliphatic heterocycles. The summed E-state index contributed by atoms with van der Waals surface area (Å²) in [7, 11) is 1.33. The number of benzene rings is 2. The van der Waals surface area contributed by atoms with Crippen molar-refractivity contribution >= 4 is 29.9 Å². The number of carbonyl (C=O) groups excluding carboxylic acids is 3. The van der Waals surface area contributed by atoms with Crippen LogP contribution in [0.2, 0.25) is 0 Å². The molecule has 0 spiro atoms. The number of H-pyrrole nitrogens is 1. The molecule has 2 aromatic carbocycles. The van der Waals surface area contributed by atoms with E-state index >= 15 is 0 Å². The molecule has 1 heterocycles. The summed E-state index contributed by atoms with van der Waals surface area (Å²) >= 11 is 1.48. The van der Waals surface area contributed by atoms with Crippen molar-refractivity contribution in [1.29, 1.82) is 0 Å². The first-order chi connectivity index (χ1) is 16.1. The van der Waals surface area contributed by atoms with E-state index in [-0.39, 0.29) is 18.2 Å². The molecule has 1 aromatic heterocycles. The van der Waals surface area contributed by atoms with Crippen LogP contribution >= 0.6 is 11.8 Å². The molecule has 0 saturated heterocycles. The van der Waals surface area contributed by atoms with E-state index in [1.54, 1.807) is 6.20 Å². The molecule has 2 N–H and O–H groups in total. The predicted octanol–water partition coefficient (Wildman–Crippen LogP) is 3.98. The number of thioether (sulfide) groups is 1. The second-order valence-corrected chi connectivity index (χ2v) is 9.27. The van der Waals surface area contributed by atoms with Crippen molar-refractivity contribution < 1.29 is 19.1 Å². The summed E-state index contributed by atoms with van der Waals surface area (Å²) in [6.07, 6.45) is 3.98. The first-order valence-corrected chi connectivity index (χ1v) is 11.7. The normalized spacial score (nSPS) is 16.5. The number of methoxy groups -OCH3 is 1. The smallest absolute Gasteiger partial charge is 0.306 e. The lowest BCUT2D eigenvalue weighted by Crippen LogP contribution is -2.27. The third kappa shape index (κ3) is 5.37. The maximum atomic E-state index is 14.0. The topological polar surface area (TPSA) is 88.3 Å². The van der Waals surface area contributed by atoms with Gasteiger partial charge in [0.15, 0.2) is 5.78 Å². The van der Waals surface area contributed by atoms with Crippen molar-refractivity contribution in [2.24, 2.45) is 0 Å². The van der Waals surface area contributed by atoms with Crippen LogP contribution in [0.4, 0.5) is 0 Å². The van der Waals surface area contributed by atoms with Gasteiger partial charge in [-0.15, -0.1) is 11.8 Å². The maximum Gasteiger partial charge on any atom is 0.306 e. The Morgan fingerprint density at radius 2 is 1.91 bits per heavy atom. The maximum absolute atomic E-state index is 14.0. The highest BCUT2D eigenvalue weighted by molar-refractivity contribution is 8.00. The van der Waals surface area contributed by atoms with Gasteiger partial charge in [-0.05, 0) is 53.8 Å². The van der Waals surface area contributed by atoms with Gasteiger partial charge in [0.2, 0.25) is 6.41 Å². The highest BCUT2D eigenvalue weighted by Gasteiger charge is 2.34. The van der Waals surface area contributed by atoms with Gasteiger partial charge in [-0.2, -0.15) is 0 Å². The molecule has 3 unspecified atom stereocenters. The zero-order valence-corrected chi connectivity index (χ0v) is 19.1. The van der Waals surface area contributed by atoms with Gasteiger partial charge in [-0.25, -0.2) is 0 Å². The molecule has 1 amide bonds. The number of nitrogens with one attached hydrogen (secondary N) is 2. The van der Waals surface area contributed by atoms with E-state index in [1.165, 1.54) is 24.4 Å². The Morgan fingerprint density at radius 1 is 1.12 bits per heavy atom. The van der Waals surface area contributed by atoms with Crippen LogP contribution in [0.25, 0.3) is 0 Å². The summed E-state index contributed by atoms with van der Waals surface area (Å²) < 4.78 is 4.88. The molecule has 4 rings (SSSR count). The Hall–Kier alpha value is -3.32. The van der Waals surface area contributed by atoms with Crippen LogP contribution in [-0.4, -0.2) is 36.3 Å². The molecular weight excluding hydrogens is 436 g/mol. The van der Waals surface area contributed by atoms with Gasteiger partial charge in [0.25, 0.3) is 0 Å². The first-order valence-electron chi connectivity index (χ1n) is 10.9. The Labute approximate surface area is 197 Å². The number of esters is 1. The molecule has 170 valence electrons. The zero-order valence-electron chi connectivity index (χ0n) is 18.3. The predicted molar refractivity (Wildman–Crippen MR) is 127 cm³/mol. The quantitative estimate of drug-likeness (QED) is 0.270. The van der Waals surface area contributed by atoms with Crippen LogP contribution in [-0.2, 0) is 32.0 Å². The Bertz CT molecular complexity index is 1110. The van der Waals surface area contributed by atoms with E-state index in [9.17, 15) is 14.4 Å². The molecule has 7 heteroatoms. The Balaban J connectivity index is 1.69. The average Bonchev–Trinajstić information content (AvgIpc) is 3.50. The number of fused-ring (bicyclic) bond motifs is 1. The number of rotatable bonds is 10. The van der Waals surface area contributed by atoms with E-state index in [4.69, 9.17) is 4.74 Å². The van der Waals surface area contributed by atoms with E-state index in [1.807, 2.05) is 54.6 Å². The van der Waals surface area contributed by atoms with Gasteiger partial charge in [-0.1, -0.05) is 36.4 Å². The molecule has 33 heavy (non-hydrogen) atoms. The molecule has 0 saturated carbocycles. The van der Waals surface area contributed by atoms with E-state index in [0.717, 1.165) is 35.3 Å². The van der Waals surface area contributed by atoms with Crippen molar-refractivity contribution in [3.8, 4) is 0 Å². The number of aromatic nitrogens is 1. The molecule has 0 fully saturated rings. The number of aromatic amines is 1. The SMILES string of the molecule is COC(=O)CC(C(=O)C(Sc1ccccc1)c1ccc2c(c1)CC(NC=O)C2)c1ccc[nH]1. The van der Waals surface area contributed by atoms with Crippen molar-refractivity contribution in [3.05, 3.63) is 89.2 Å². The van der Waals surface area contributed by atoms with Gasteiger partial charge in [-0.3, -0.25) is 14.4 Å². The van der Waals surface area contributed by atoms with E-state index < -0.39 is 17.1 Å². The summed E-state index contributed by atoms with van der Waals surface area (Å²) in [5.74, 6) is -1.13. The van der Waals surface area contributed by atoms with E-state index in [2.05, 4.69) is 16.4 Å². The number of ether oxygens (including phenoxy) is 1. The average molecular weight is 463 g/mol. The van der Waals surface area contributed by atoms with E-state index in [0.29, 0.717) is 5.69 Å².